The van der Waals surface area contributed by atoms with E-state index in [0.29, 0.717) is 17.4 Å². The quantitative estimate of drug-likeness (QED) is 0.558. The lowest BCUT2D eigenvalue weighted by atomic mass is 9.95. The Hall–Kier alpha value is -2.86. The van der Waals surface area contributed by atoms with Gasteiger partial charge in [-0.05, 0) is 48.1 Å². The third-order valence-corrected chi connectivity index (χ3v) is 4.97. The van der Waals surface area contributed by atoms with Crippen molar-refractivity contribution in [2.24, 2.45) is 5.92 Å². The number of carbonyl (C=O) groups excluding carboxylic acids is 2. The molecule has 0 unspecified atom stereocenters. The second kappa shape index (κ2) is 11.4. The highest BCUT2D eigenvalue weighted by Gasteiger charge is 2.17. The van der Waals surface area contributed by atoms with E-state index in [1.165, 1.54) is 5.56 Å². The molecule has 0 aliphatic heterocycles. The molecule has 0 radical (unpaired) electrons. The SMILES string of the molecule is CCc1ccc([C@@H](NCC(=O)NCC(=O)Nc2cc(C)ccc2OC)C(C)C)cc1. The normalized spacial score (nSPS) is 11.8. The molecule has 0 aromatic heterocycles. The van der Waals surface area contributed by atoms with Gasteiger partial charge >= 0.3 is 0 Å². The highest BCUT2D eigenvalue weighted by molar-refractivity contribution is 5.96. The van der Waals surface area contributed by atoms with Crippen molar-refractivity contribution in [3.63, 3.8) is 0 Å². The molecular formula is C24H33N3O3. The zero-order chi connectivity index (χ0) is 22.1. The summed E-state index contributed by atoms with van der Waals surface area (Å²) in [6.45, 7) is 8.33. The van der Waals surface area contributed by atoms with Crippen LogP contribution in [0, 0.1) is 12.8 Å². The molecule has 162 valence electrons. The highest BCUT2D eigenvalue weighted by Crippen LogP contribution is 2.25. The minimum absolute atomic E-state index is 0.0621. The summed E-state index contributed by atoms with van der Waals surface area (Å²) in [4.78, 5) is 24.5. The summed E-state index contributed by atoms with van der Waals surface area (Å²) in [7, 11) is 1.55. The average Bonchev–Trinajstić information content (AvgIpc) is 2.73. The van der Waals surface area contributed by atoms with Crippen molar-refractivity contribution in [3.05, 3.63) is 59.2 Å². The van der Waals surface area contributed by atoms with Crippen LogP contribution in [0.1, 0.15) is 43.5 Å². The molecule has 0 saturated heterocycles. The summed E-state index contributed by atoms with van der Waals surface area (Å²) in [5.41, 5.74) is 4.03. The van der Waals surface area contributed by atoms with Crippen LogP contribution in [-0.4, -0.2) is 32.0 Å². The summed E-state index contributed by atoms with van der Waals surface area (Å²) < 4.78 is 5.26. The summed E-state index contributed by atoms with van der Waals surface area (Å²) >= 11 is 0. The van der Waals surface area contributed by atoms with E-state index < -0.39 is 0 Å². The van der Waals surface area contributed by atoms with E-state index >= 15 is 0 Å². The van der Waals surface area contributed by atoms with Crippen molar-refractivity contribution in [2.75, 3.05) is 25.5 Å². The largest absolute Gasteiger partial charge is 0.495 e. The zero-order valence-electron chi connectivity index (χ0n) is 18.5. The number of hydrogen-bond donors (Lipinski definition) is 3. The molecule has 2 rings (SSSR count). The molecule has 6 heteroatoms. The molecule has 30 heavy (non-hydrogen) atoms. The third-order valence-electron chi connectivity index (χ3n) is 4.97. The number of amides is 2. The first kappa shape index (κ1) is 23.4. The monoisotopic (exact) mass is 411 g/mol. The Morgan fingerprint density at radius 3 is 2.30 bits per heavy atom. The number of rotatable bonds is 10. The van der Waals surface area contributed by atoms with Gasteiger partial charge in [-0.2, -0.15) is 0 Å². The highest BCUT2D eigenvalue weighted by atomic mass is 16.5. The van der Waals surface area contributed by atoms with Gasteiger partial charge in [0.2, 0.25) is 11.8 Å². The van der Waals surface area contributed by atoms with Crippen molar-refractivity contribution in [1.29, 1.82) is 0 Å². The summed E-state index contributed by atoms with van der Waals surface area (Å²) in [5.74, 6) is 0.373. The minimum atomic E-state index is -0.303. The molecule has 1 atom stereocenters. The molecule has 0 bridgehead atoms. The van der Waals surface area contributed by atoms with Gasteiger partial charge in [0.15, 0.2) is 0 Å². The predicted octanol–water partition coefficient (Wildman–Crippen LogP) is 3.61. The summed E-state index contributed by atoms with van der Waals surface area (Å²) in [6.07, 6.45) is 0.999. The fourth-order valence-corrected chi connectivity index (χ4v) is 3.26. The molecule has 3 N–H and O–H groups in total. The Kier molecular flexibility index (Phi) is 8.87. The Labute approximate surface area is 179 Å². The maximum absolute atomic E-state index is 12.3. The Morgan fingerprint density at radius 1 is 1.00 bits per heavy atom. The fraction of sp³-hybridized carbons (Fsp3) is 0.417. The van der Waals surface area contributed by atoms with Crippen molar-refractivity contribution in [3.8, 4) is 5.75 Å². The molecule has 0 spiro atoms. The van der Waals surface area contributed by atoms with Crippen molar-refractivity contribution >= 4 is 17.5 Å². The third kappa shape index (κ3) is 6.88. The van der Waals surface area contributed by atoms with Crippen molar-refractivity contribution in [2.45, 2.75) is 40.2 Å². The van der Waals surface area contributed by atoms with E-state index in [0.717, 1.165) is 17.5 Å². The smallest absolute Gasteiger partial charge is 0.243 e. The van der Waals surface area contributed by atoms with Gasteiger partial charge in [-0.25, -0.2) is 0 Å². The van der Waals surface area contributed by atoms with Gasteiger partial charge in [-0.3, -0.25) is 9.59 Å². The van der Waals surface area contributed by atoms with E-state index in [9.17, 15) is 9.59 Å². The van der Waals surface area contributed by atoms with Crippen LogP contribution in [0.5, 0.6) is 5.75 Å². The van der Waals surface area contributed by atoms with E-state index in [2.05, 4.69) is 61.0 Å². The number of nitrogens with one attached hydrogen (secondary N) is 3. The number of ether oxygens (including phenoxy) is 1. The van der Waals surface area contributed by atoms with Crippen LogP contribution in [0.4, 0.5) is 5.69 Å². The number of hydrogen-bond acceptors (Lipinski definition) is 4. The molecule has 6 nitrogen and oxygen atoms in total. The predicted molar refractivity (Wildman–Crippen MR) is 121 cm³/mol. The average molecular weight is 412 g/mol. The molecule has 0 aliphatic rings. The Morgan fingerprint density at radius 2 is 1.70 bits per heavy atom. The van der Waals surface area contributed by atoms with Crippen molar-refractivity contribution in [1.82, 2.24) is 10.6 Å². The molecule has 2 aromatic rings. The van der Waals surface area contributed by atoms with Gasteiger partial charge < -0.3 is 20.7 Å². The van der Waals surface area contributed by atoms with Crippen LogP contribution in [-0.2, 0) is 16.0 Å². The molecule has 2 aromatic carbocycles. The maximum Gasteiger partial charge on any atom is 0.243 e. The Bertz CT molecular complexity index is 847. The summed E-state index contributed by atoms with van der Waals surface area (Å²) in [5, 5.41) is 8.75. The van der Waals surface area contributed by atoms with Gasteiger partial charge in [0.05, 0.1) is 25.9 Å². The van der Waals surface area contributed by atoms with Crippen LogP contribution in [0.15, 0.2) is 42.5 Å². The molecule has 0 saturated carbocycles. The number of methoxy groups -OCH3 is 1. The van der Waals surface area contributed by atoms with E-state index in [1.54, 1.807) is 13.2 Å². The molecule has 0 aliphatic carbocycles. The zero-order valence-corrected chi connectivity index (χ0v) is 18.5. The van der Waals surface area contributed by atoms with Crippen LogP contribution in [0.3, 0.4) is 0 Å². The molecule has 0 fully saturated rings. The second-order valence-electron chi connectivity index (χ2n) is 7.73. The second-order valence-corrected chi connectivity index (χ2v) is 7.73. The molecular weight excluding hydrogens is 378 g/mol. The molecule has 0 heterocycles. The lowest BCUT2D eigenvalue weighted by Gasteiger charge is -2.23. The first-order valence-corrected chi connectivity index (χ1v) is 10.4. The summed E-state index contributed by atoms with van der Waals surface area (Å²) in [6, 6.07) is 14.1. The fourth-order valence-electron chi connectivity index (χ4n) is 3.26. The van der Waals surface area contributed by atoms with Gasteiger partial charge in [0.25, 0.3) is 0 Å². The van der Waals surface area contributed by atoms with Crippen LogP contribution >= 0.6 is 0 Å². The van der Waals surface area contributed by atoms with Gasteiger partial charge in [0, 0.05) is 6.04 Å². The van der Waals surface area contributed by atoms with E-state index in [1.807, 2.05) is 19.1 Å². The van der Waals surface area contributed by atoms with Gasteiger partial charge in [-0.15, -0.1) is 0 Å². The topological polar surface area (TPSA) is 79.5 Å². The first-order valence-electron chi connectivity index (χ1n) is 10.4. The van der Waals surface area contributed by atoms with Crippen molar-refractivity contribution < 1.29 is 14.3 Å². The van der Waals surface area contributed by atoms with Crippen LogP contribution in [0.25, 0.3) is 0 Å². The first-order chi connectivity index (χ1) is 14.3. The number of carbonyl (C=O) groups is 2. The Balaban J connectivity index is 1.85. The van der Waals surface area contributed by atoms with E-state index in [4.69, 9.17) is 4.74 Å². The number of anilines is 1. The lowest BCUT2D eigenvalue weighted by Crippen LogP contribution is -2.40. The standard InChI is InChI=1S/C24H33N3O3/c1-6-18-8-10-19(11-9-18)24(16(2)3)26-14-22(28)25-15-23(29)27-20-13-17(4)7-12-21(20)30-5/h7-13,16,24,26H,6,14-15H2,1-5H3,(H,25,28)(H,27,29)/t24-/m0/s1. The molecule has 2 amide bonds. The number of aryl methyl sites for hydroxylation is 2. The van der Waals surface area contributed by atoms with Gasteiger partial charge in [-0.1, -0.05) is 51.1 Å². The maximum atomic E-state index is 12.3. The minimum Gasteiger partial charge on any atom is -0.495 e. The van der Waals surface area contributed by atoms with Crippen LogP contribution < -0.4 is 20.7 Å². The lowest BCUT2D eigenvalue weighted by molar-refractivity contribution is -0.123. The van der Waals surface area contributed by atoms with E-state index in [-0.39, 0.29) is 30.9 Å². The number of benzene rings is 2. The van der Waals surface area contributed by atoms with Crippen LogP contribution in [0.2, 0.25) is 0 Å². The van der Waals surface area contributed by atoms with Gasteiger partial charge in [0.1, 0.15) is 5.75 Å².